The molecule has 7 heteroatoms. The van der Waals surface area contributed by atoms with Crippen molar-refractivity contribution >= 4 is 52.0 Å². The smallest absolute Gasteiger partial charge is 0.251 e. The summed E-state index contributed by atoms with van der Waals surface area (Å²) < 4.78 is 0.389. The Morgan fingerprint density at radius 1 is 1.26 bits per heavy atom. The molecule has 19 heavy (non-hydrogen) atoms. The number of carbonyl (C=O) groups excluding carboxylic acids is 1. The predicted molar refractivity (Wildman–Crippen MR) is 78.4 cm³/mol. The van der Waals surface area contributed by atoms with E-state index in [-0.39, 0.29) is 19.8 Å². The van der Waals surface area contributed by atoms with Crippen molar-refractivity contribution in [3.05, 3.63) is 54.7 Å². The molecule has 100 valence electrons. The van der Waals surface area contributed by atoms with Gasteiger partial charge in [0.25, 0.3) is 5.91 Å². The SMILES string of the molecule is NC(=O)c1c(Cl)sc(Cl)c1C(O)c1cccc(Cl)c1. The van der Waals surface area contributed by atoms with Crippen LogP contribution in [0.15, 0.2) is 24.3 Å². The number of aliphatic hydroxyl groups excluding tert-OH is 1. The number of halogens is 3. The summed E-state index contributed by atoms with van der Waals surface area (Å²) in [6, 6.07) is 6.61. The van der Waals surface area contributed by atoms with E-state index in [2.05, 4.69) is 0 Å². The van der Waals surface area contributed by atoms with Gasteiger partial charge in [-0.1, -0.05) is 46.9 Å². The summed E-state index contributed by atoms with van der Waals surface area (Å²) in [5, 5.41) is 10.8. The molecule has 0 spiro atoms. The van der Waals surface area contributed by atoms with Crippen LogP contribution in [-0.2, 0) is 0 Å². The lowest BCUT2D eigenvalue weighted by Gasteiger charge is -2.12. The van der Waals surface area contributed by atoms with Gasteiger partial charge in [0.2, 0.25) is 0 Å². The van der Waals surface area contributed by atoms with Crippen LogP contribution in [0, 0.1) is 0 Å². The molecule has 0 fully saturated rings. The highest BCUT2D eigenvalue weighted by molar-refractivity contribution is 7.20. The van der Waals surface area contributed by atoms with Crippen molar-refractivity contribution in [2.24, 2.45) is 5.73 Å². The quantitative estimate of drug-likeness (QED) is 0.893. The highest BCUT2D eigenvalue weighted by Gasteiger charge is 2.26. The van der Waals surface area contributed by atoms with E-state index in [0.29, 0.717) is 10.6 Å². The first-order valence-corrected chi connectivity index (χ1v) is 7.08. The first-order valence-electron chi connectivity index (χ1n) is 5.12. The Balaban J connectivity index is 2.55. The number of amides is 1. The molecule has 0 saturated heterocycles. The molecule has 2 rings (SSSR count). The molecule has 1 atom stereocenters. The minimum Gasteiger partial charge on any atom is -0.384 e. The summed E-state index contributed by atoms with van der Waals surface area (Å²) in [7, 11) is 0. The second-order valence-corrected chi connectivity index (χ2v) is 6.42. The molecule has 0 aliphatic heterocycles. The van der Waals surface area contributed by atoms with E-state index in [0.717, 1.165) is 11.3 Å². The second kappa shape index (κ2) is 5.69. The number of nitrogens with two attached hydrogens (primary N) is 1. The largest absolute Gasteiger partial charge is 0.384 e. The molecule has 0 saturated carbocycles. The van der Waals surface area contributed by atoms with Crippen molar-refractivity contribution in [3.8, 4) is 0 Å². The third-order valence-electron chi connectivity index (χ3n) is 2.54. The fraction of sp³-hybridized carbons (Fsp3) is 0.0833. The number of rotatable bonds is 3. The molecule has 2 aromatic rings. The van der Waals surface area contributed by atoms with Crippen molar-refractivity contribution < 1.29 is 9.90 Å². The van der Waals surface area contributed by atoms with Gasteiger partial charge in [-0.3, -0.25) is 4.79 Å². The van der Waals surface area contributed by atoms with Crippen LogP contribution in [0.4, 0.5) is 0 Å². The number of thiophene rings is 1. The summed E-state index contributed by atoms with van der Waals surface area (Å²) in [6.45, 7) is 0. The Labute approximate surface area is 128 Å². The Bertz CT molecular complexity index is 642. The van der Waals surface area contributed by atoms with Gasteiger partial charge in [0.15, 0.2) is 0 Å². The van der Waals surface area contributed by atoms with Gasteiger partial charge in [-0.2, -0.15) is 0 Å². The molecule has 1 aromatic heterocycles. The maximum Gasteiger partial charge on any atom is 0.251 e. The maximum absolute atomic E-state index is 11.4. The predicted octanol–water partition coefficient (Wildman–Crippen LogP) is 3.89. The van der Waals surface area contributed by atoms with E-state index in [1.807, 2.05) is 0 Å². The van der Waals surface area contributed by atoms with Crippen molar-refractivity contribution in [3.63, 3.8) is 0 Å². The molecular weight excluding hydrogens is 329 g/mol. The van der Waals surface area contributed by atoms with E-state index >= 15 is 0 Å². The molecule has 0 aliphatic rings. The average molecular weight is 337 g/mol. The normalized spacial score (nSPS) is 12.4. The molecule has 3 nitrogen and oxygen atoms in total. The number of carbonyl (C=O) groups is 1. The van der Waals surface area contributed by atoms with E-state index in [1.165, 1.54) is 0 Å². The Hall–Kier alpha value is -0.780. The minimum absolute atomic E-state index is 0.0455. The number of primary amides is 1. The number of benzene rings is 1. The fourth-order valence-electron chi connectivity index (χ4n) is 1.71. The molecule has 0 aliphatic carbocycles. The van der Waals surface area contributed by atoms with Gasteiger partial charge in [0.05, 0.1) is 5.56 Å². The standard InChI is InChI=1S/C12H8Cl3NO2S/c13-6-3-1-2-5(4-6)9(17)7-8(12(16)18)11(15)19-10(7)14/h1-4,9,17H,(H2,16,18). The van der Waals surface area contributed by atoms with Crippen molar-refractivity contribution in [1.82, 2.24) is 0 Å². The van der Waals surface area contributed by atoms with E-state index in [1.54, 1.807) is 24.3 Å². The monoisotopic (exact) mass is 335 g/mol. The van der Waals surface area contributed by atoms with Crippen LogP contribution in [0.3, 0.4) is 0 Å². The summed E-state index contributed by atoms with van der Waals surface area (Å²) in [4.78, 5) is 11.4. The minimum atomic E-state index is -1.11. The van der Waals surface area contributed by atoms with Crippen LogP contribution in [0.25, 0.3) is 0 Å². The number of aliphatic hydroxyl groups is 1. The Morgan fingerprint density at radius 3 is 2.53 bits per heavy atom. The highest BCUT2D eigenvalue weighted by Crippen LogP contribution is 2.41. The topological polar surface area (TPSA) is 63.3 Å². The molecule has 1 heterocycles. The molecule has 1 amide bonds. The van der Waals surface area contributed by atoms with Gasteiger partial charge in [-0.15, -0.1) is 11.3 Å². The molecule has 1 unspecified atom stereocenters. The van der Waals surface area contributed by atoms with Gasteiger partial charge >= 0.3 is 0 Å². The van der Waals surface area contributed by atoms with E-state index in [9.17, 15) is 9.90 Å². The van der Waals surface area contributed by atoms with E-state index < -0.39 is 12.0 Å². The summed E-state index contributed by atoms with van der Waals surface area (Å²) in [5.41, 5.74) is 6.03. The van der Waals surface area contributed by atoms with Crippen molar-refractivity contribution in [1.29, 1.82) is 0 Å². The van der Waals surface area contributed by atoms with Crippen LogP contribution >= 0.6 is 46.1 Å². The Kier molecular flexibility index (Phi) is 4.38. The number of hydrogen-bond acceptors (Lipinski definition) is 3. The summed E-state index contributed by atoms with van der Waals surface area (Å²) in [6.07, 6.45) is -1.11. The second-order valence-electron chi connectivity index (χ2n) is 3.76. The lowest BCUT2D eigenvalue weighted by atomic mass is 10.0. The lowest BCUT2D eigenvalue weighted by Crippen LogP contribution is -2.15. The molecule has 1 aromatic carbocycles. The summed E-state index contributed by atoms with van der Waals surface area (Å²) >= 11 is 18.8. The van der Waals surface area contributed by atoms with Crippen molar-refractivity contribution in [2.45, 2.75) is 6.10 Å². The maximum atomic E-state index is 11.4. The van der Waals surface area contributed by atoms with Gasteiger partial charge in [-0.05, 0) is 17.7 Å². The van der Waals surface area contributed by atoms with Crippen LogP contribution < -0.4 is 5.73 Å². The van der Waals surface area contributed by atoms with Gasteiger partial charge in [-0.25, -0.2) is 0 Å². The highest BCUT2D eigenvalue weighted by atomic mass is 35.5. The zero-order valence-electron chi connectivity index (χ0n) is 9.36. The van der Waals surface area contributed by atoms with Crippen LogP contribution in [0.1, 0.15) is 27.6 Å². The lowest BCUT2D eigenvalue weighted by molar-refractivity contribution is 0.0996. The number of hydrogen-bond donors (Lipinski definition) is 2. The first kappa shape index (κ1) is 14.6. The molecule has 0 bridgehead atoms. The molecular formula is C12H8Cl3NO2S. The van der Waals surface area contributed by atoms with Gasteiger partial charge in [0, 0.05) is 10.6 Å². The van der Waals surface area contributed by atoms with E-state index in [4.69, 9.17) is 40.5 Å². The van der Waals surface area contributed by atoms with Gasteiger partial charge in [0.1, 0.15) is 14.8 Å². The van der Waals surface area contributed by atoms with Crippen LogP contribution in [0.5, 0.6) is 0 Å². The van der Waals surface area contributed by atoms with Gasteiger partial charge < -0.3 is 10.8 Å². The average Bonchev–Trinajstić information content (AvgIpc) is 2.63. The molecule has 3 N–H and O–H groups in total. The zero-order chi connectivity index (χ0) is 14.2. The third kappa shape index (κ3) is 2.88. The van der Waals surface area contributed by atoms with Crippen LogP contribution in [0.2, 0.25) is 13.7 Å². The Morgan fingerprint density at radius 2 is 1.95 bits per heavy atom. The summed E-state index contributed by atoms with van der Waals surface area (Å²) in [5.74, 6) is -0.732. The zero-order valence-corrected chi connectivity index (χ0v) is 12.4. The first-order chi connectivity index (χ1) is 8.91. The van der Waals surface area contributed by atoms with Crippen LogP contribution in [-0.4, -0.2) is 11.0 Å². The fourth-order valence-corrected chi connectivity index (χ4v) is 3.67. The van der Waals surface area contributed by atoms with Crippen molar-refractivity contribution in [2.75, 3.05) is 0 Å². The third-order valence-corrected chi connectivity index (χ3v) is 4.41. The molecule has 0 radical (unpaired) electrons.